The summed E-state index contributed by atoms with van der Waals surface area (Å²) in [5, 5.41) is 7.35. The Kier molecular flexibility index (Phi) is 6.37. The molecule has 1 atom stereocenters. The molecule has 0 radical (unpaired) electrons. The minimum absolute atomic E-state index is 0.130. The summed E-state index contributed by atoms with van der Waals surface area (Å²) >= 11 is 0. The van der Waals surface area contributed by atoms with E-state index in [4.69, 9.17) is 0 Å². The molecule has 1 aromatic rings. The van der Waals surface area contributed by atoms with Crippen LogP contribution in [-0.4, -0.2) is 37.3 Å². The largest absolute Gasteiger partial charge is 0.317 e. The molecule has 1 unspecified atom stereocenters. The van der Waals surface area contributed by atoms with Crippen LogP contribution in [0.15, 0.2) is 17.3 Å². The highest BCUT2D eigenvalue weighted by Gasteiger charge is 2.26. The van der Waals surface area contributed by atoms with Crippen LogP contribution in [0.5, 0.6) is 0 Å². The van der Waals surface area contributed by atoms with Crippen LogP contribution in [-0.2, 0) is 16.6 Å². The van der Waals surface area contributed by atoms with E-state index in [2.05, 4.69) is 22.1 Å². The lowest BCUT2D eigenvalue weighted by atomic mass is 9.89. The van der Waals surface area contributed by atoms with E-state index < -0.39 is 10.0 Å². The maximum Gasteiger partial charge on any atom is 0.243 e. The number of nitrogens with one attached hydrogen (secondary N) is 2. The second-order valence-corrected chi connectivity index (χ2v) is 8.07. The lowest BCUT2D eigenvalue weighted by molar-refractivity contribution is 0.317. The Hall–Kier alpha value is -0.920. The van der Waals surface area contributed by atoms with Gasteiger partial charge in [-0.15, -0.1) is 0 Å². The SMILES string of the molecule is CCNCCCn1cc(S(=O)(=O)NC(C)C(C)(C)C)cn1. The number of aromatic nitrogens is 2. The van der Waals surface area contributed by atoms with Crippen LogP contribution in [0.25, 0.3) is 0 Å². The second-order valence-electron chi connectivity index (χ2n) is 6.36. The van der Waals surface area contributed by atoms with E-state index in [0.717, 1.165) is 19.5 Å². The first-order valence-electron chi connectivity index (χ1n) is 7.42. The van der Waals surface area contributed by atoms with Crippen LogP contribution >= 0.6 is 0 Å². The number of hydrogen-bond donors (Lipinski definition) is 2. The van der Waals surface area contributed by atoms with Crippen LogP contribution in [0.4, 0.5) is 0 Å². The molecule has 1 heterocycles. The molecule has 0 aromatic carbocycles. The van der Waals surface area contributed by atoms with Crippen molar-refractivity contribution in [3.63, 3.8) is 0 Å². The Morgan fingerprint density at radius 1 is 1.38 bits per heavy atom. The molecule has 0 amide bonds. The Labute approximate surface area is 128 Å². The summed E-state index contributed by atoms with van der Waals surface area (Å²) in [6, 6.07) is -0.153. The van der Waals surface area contributed by atoms with E-state index in [9.17, 15) is 8.42 Å². The highest BCUT2D eigenvalue weighted by molar-refractivity contribution is 7.89. The second kappa shape index (κ2) is 7.38. The van der Waals surface area contributed by atoms with Crippen LogP contribution in [0.3, 0.4) is 0 Å². The fraction of sp³-hybridized carbons (Fsp3) is 0.786. The van der Waals surface area contributed by atoms with E-state index in [1.807, 2.05) is 27.7 Å². The van der Waals surface area contributed by atoms with E-state index in [-0.39, 0.29) is 16.4 Å². The Morgan fingerprint density at radius 3 is 2.62 bits per heavy atom. The first kappa shape index (κ1) is 18.1. The molecule has 0 bridgehead atoms. The molecule has 2 N–H and O–H groups in total. The molecule has 0 fully saturated rings. The van der Waals surface area contributed by atoms with Gasteiger partial charge in [-0.05, 0) is 31.8 Å². The van der Waals surface area contributed by atoms with Crippen LogP contribution in [0, 0.1) is 5.41 Å². The van der Waals surface area contributed by atoms with Crippen molar-refractivity contribution < 1.29 is 8.42 Å². The van der Waals surface area contributed by atoms with Gasteiger partial charge in [0.15, 0.2) is 0 Å². The topological polar surface area (TPSA) is 76.0 Å². The van der Waals surface area contributed by atoms with Gasteiger partial charge >= 0.3 is 0 Å². The van der Waals surface area contributed by atoms with Crippen molar-refractivity contribution in [1.29, 1.82) is 0 Å². The molecular weight excluding hydrogens is 288 g/mol. The van der Waals surface area contributed by atoms with Crippen molar-refractivity contribution in [1.82, 2.24) is 19.8 Å². The maximum absolute atomic E-state index is 12.3. The summed E-state index contributed by atoms with van der Waals surface area (Å²) in [6.07, 6.45) is 3.91. The van der Waals surface area contributed by atoms with E-state index in [1.54, 1.807) is 10.9 Å². The summed E-state index contributed by atoms with van der Waals surface area (Å²) in [5.41, 5.74) is -0.130. The van der Waals surface area contributed by atoms with Gasteiger partial charge in [-0.2, -0.15) is 5.10 Å². The number of rotatable bonds is 8. The van der Waals surface area contributed by atoms with Crippen molar-refractivity contribution in [3.05, 3.63) is 12.4 Å². The van der Waals surface area contributed by atoms with Gasteiger partial charge < -0.3 is 5.32 Å². The van der Waals surface area contributed by atoms with Gasteiger partial charge in [0, 0.05) is 18.8 Å². The van der Waals surface area contributed by atoms with E-state index >= 15 is 0 Å². The summed E-state index contributed by atoms with van der Waals surface area (Å²) in [5.74, 6) is 0. The molecule has 0 spiro atoms. The average Bonchev–Trinajstić information content (AvgIpc) is 2.82. The predicted molar refractivity (Wildman–Crippen MR) is 84.6 cm³/mol. The number of aryl methyl sites for hydroxylation is 1. The molecule has 0 aliphatic carbocycles. The van der Waals surface area contributed by atoms with Gasteiger partial charge in [-0.25, -0.2) is 13.1 Å². The fourth-order valence-corrected chi connectivity index (χ4v) is 3.03. The molecule has 1 aromatic heterocycles. The number of sulfonamides is 1. The van der Waals surface area contributed by atoms with Gasteiger partial charge in [0.1, 0.15) is 4.90 Å². The summed E-state index contributed by atoms with van der Waals surface area (Å²) in [4.78, 5) is 0.224. The molecule has 0 saturated heterocycles. The van der Waals surface area contributed by atoms with Crippen molar-refractivity contribution in [2.24, 2.45) is 5.41 Å². The standard InChI is InChI=1S/C14H28N4O2S/c1-6-15-8-7-9-18-11-13(10-16-18)21(19,20)17-12(2)14(3,4)5/h10-12,15,17H,6-9H2,1-5H3. The third-order valence-electron chi connectivity index (χ3n) is 3.54. The number of hydrogen-bond acceptors (Lipinski definition) is 4. The summed E-state index contributed by atoms with van der Waals surface area (Å²) in [7, 11) is -3.51. The van der Waals surface area contributed by atoms with Gasteiger partial charge in [-0.3, -0.25) is 4.68 Å². The fourth-order valence-electron chi connectivity index (χ4n) is 1.63. The predicted octanol–water partition coefficient (Wildman–Crippen LogP) is 1.60. The van der Waals surface area contributed by atoms with E-state index in [1.165, 1.54) is 6.20 Å². The highest BCUT2D eigenvalue weighted by atomic mass is 32.2. The number of nitrogens with zero attached hydrogens (tertiary/aromatic N) is 2. The average molecular weight is 316 g/mol. The first-order valence-corrected chi connectivity index (χ1v) is 8.90. The van der Waals surface area contributed by atoms with Gasteiger partial charge in [0.05, 0.1) is 6.20 Å². The highest BCUT2D eigenvalue weighted by Crippen LogP contribution is 2.20. The van der Waals surface area contributed by atoms with Gasteiger partial charge in [-0.1, -0.05) is 27.7 Å². The third kappa shape index (κ3) is 5.76. The van der Waals surface area contributed by atoms with Crippen molar-refractivity contribution in [3.8, 4) is 0 Å². The molecule has 0 saturated carbocycles. The van der Waals surface area contributed by atoms with E-state index in [0.29, 0.717) is 6.54 Å². The normalized spacial score (nSPS) is 14.3. The van der Waals surface area contributed by atoms with Crippen molar-refractivity contribution >= 4 is 10.0 Å². The molecule has 1 rings (SSSR count). The van der Waals surface area contributed by atoms with Crippen LogP contribution in [0.2, 0.25) is 0 Å². The molecular formula is C14H28N4O2S. The molecule has 21 heavy (non-hydrogen) atoms. The smallest absolute Gasteiger partial charge is 0.243 e. The molecule has 6 nitrogen and oxygen atoms in total. The quantitative estimate of drug-likeness (QED) is 0.714. The first-order chi connectivity index (χ1) is 9.66. The maximum atomic E-state index is 12.3. The molecule has 0 aliphatic heterocycles. The minimum Gasteiger partial charge on any atom is -0.317 e. The third-order valence-corrected chi connectivity index (χ3v) is 5.04. The Balaban J connectivity index is 2.66. The molecule has 122 valence electrons. The Bertz CT molecular complexity index is 531. The Morgan fingerprint density at radius 2 is 2.05 bits per heavy atom. The lowest BCUT2D eigenvalue weighted by Crippen LogP contribution is -2.41. The zero-order chi connectivity index (χ0) is 16.1. The molecule has 0 aliphatic rings. The minimum atomic E-state index is -3.51. The van der Waals surface area contributed by atoms with Crippen molar-refractivity contribution in [2.75, 3.05) is 13.1 Å². The van der Waals surface area contributed by atoms with Gasteiger partial charge in [0.25, 0.3) is 0 Å². The van der Waals surface area contributed by atoms with Crippen molar-refractivity contribution in [2.45, 2.75) is 58.5 Å². The zero-order valence-electron chi connectivity index (χ0n) is 13.7. The lowest BCUT2D eigenvalue weighted by Gasteiger charge is -2.27. The zero-order valence-corrected chi connectivity index (χ0v) is 14.5. The van der Waals surface area contributed by atoms with Crippen LogP contribution in [0.1, 0.15) is 41.0 Å². The van der Waals surface area contributed by atoms with Gasteiger partial charge in [0.2, 0.25) is 10.0 Å². The monoisotopic (exact) mass is 316 g/mol. The summed E-state index contributed by atoms with van der Waals surface area (Å²) < 4.78 is 29.0. The molecule has 7 heteroatoms. The van der Waals surface area contributed by atoms with Crippen LogP contribution < -0.4 is 10.0 Å². The summed E-state index contributed by atoms with van der Waals surface area (Å²) in [6.45, 7) is 12.5.